The van der Waals surface area contributed by atoms with Crippen LogP contribution < -0.4 is 0 Å². The van der Waals surface area contributed by atoms with Gasteiger partial charge in [-0.3, -0.25) is 4.79 Å². The lowest BCUT2D eigenvalue weighted by atomic mass is 10.1. The van der Waals surface area contributed by atoms with Crippen LogP contribution in [0.1, 0.15) is 49.9 Å². The lowest BCUT2D eigenvalue weighted by molar-refractivity contribution is -0.132. The van der Waals surface area contributed by atoms with Crippen molar-refractivity contribution in [2.24, 2.45) is 0 Å². The summed E-state index contributed by atoms with van der Waals surface area (Å²) >= 11 is 12.0. The number of hydrogen-bond donors (Lipinski definition) is 0. The van der Waals surface area contributed by atoms with Crippen LogP contribution in [0.15, 0.2) is 18.2 Å². The normalized spacial score (nSPS) is 17.2. The van der Waals surface area contributed by atoms with Gasteiger partial charge >= 0.3 is 0 Å². The van der Waals surface area contributed by atoms with Crippen molar-refractivity contribution < 1.29 is 4.79 Å². The Labute approximate surface area is 151 Å². The molecule has 1 aliphatic heterocycles. The van der Waals surface area contributed by atoms with Crippen molar-refractivity contribution in [1.29, 1.82) is 0 Å². The summed E-state index contributed by atoms with van der Waals surface area (Å²) in [5, 5.41) is 9.53. The van der Waals surface area contributed by atoms with Gasteiger partial charge < -0.3 is 9.47 Å². The number of fused-ring (bicyclic) bond motifs is 1. The van der Waals surface area contributed by atoms with E-state index in [1.165, 1.54) is 0 Å². The Kier molecular flexibility index (Phi) is 4.83. The lowest BCUT2D eigenvalue weighted by Gasteiger charge is -2.33. The minimum absolute atomic E-state index is 0.0561. The summed E-state index contributed by atoms with van der Waals surface area (Å²) in [5.41, 5.74) is 0.858. The third kappa shape index (κ3) is 3.28. The highest BCUT2D eigenvalue weighted by atomic mass is 35.5. The van der Waals surface area contributed by atoms with Crippen molar-refractivity contribution in [1.82, 2.24) is 19.7 Å². The molecule has 2 heterocycles. The minimum Gasteiger partial charge on any atom is -0.333 e. The van der Waals surface area contributed by atoms with Gasteiger partial charge in [0.05, 0.1) is 29.1 Å². The molecule has 0 spiro atoms. The van der Waals surface area contributed by atoms with Crippen LogP contribution in [0.4, 0.5) is 0 Å². The van der Waals surface area contributed by atoms with Crippen LogP contribution in [-0.2, 0) is 17.8 Å². The molecular weight excluding hydrogens is 347 g/mol. The quantitative estimate of drug-likeness (QED) is 0.828. The van der Waals surface area contributed by atoms with E-state index in [4.69, 9.17) is 23.2 Å². The molecule has 24 heavy (non-hydrogen) atoms. The third-order valence-electron chi connectivity index (χ3n) is 4.26. The minimum atomic E-state index is 0.0561. The van der Waals surface area contributed by atoms with E-state index in [0.29, 0.717) is 35.5 Å². The molecule has 3 rings (SSSR count). The second-order valence-corrected chi connectivity index (χ2v) is 7.36. The maximum absolute atomic E-state index is 12.7. The van der Waals surface area contributed by atoms with Crippen molar-refractivity contribution in [3.8, 4) is 0 Å². The highest BCUT2D eigenvalue weighted by Crippen LogP contribution is 2.26. The Bertz CT molecular complexity index is 772. The molecule has 128 valence electrons. The van der Waals surface area contributed by atoms with Crippen molar-refractivity contribution in [2.45, 2.75) is 45.7 Å². The van der Waals surface area contributed by atoms with E-state index >= 15 is 0 Å². The fourth-order valence-corrected chi connectivity index (χ4v) is 3.40. The Morgan fingerprint density at radius 2 is 2.04 bits per heavy atom. The number of benzene rings is 1. The first-order valence-electron chi connectivity index (χ1n) is 8.02. The molecule has 0 aliphatic carbocycles. The summed E-state index contributed by atoms with van der Waals surface area (Å²) in [6, 6.07) is 5.46. The molecule has 0 saturated carbocycles. The smallest absolute Gasteiger partial charge is 0.227 e. The topological polar surface area (TPSA) is 51.0 Å². The lowest BCUT2D eigenvalue weighted by Crippen LogP contribution is -2.41. The number of aromatic nitrogens is 3. The van der Waals surface area contributed by atoms with Crippen LogP contribution in [-0.4, -0.2) is 32.1 Å². The predicted molar refractivity (Wildman–Crippen MR) is 94.4 cm³/mol. The molecule has 1 aromatic heterocycles. The van der Waals surface area contributed by atoms with Gasteiger partial charge in [-0.1, -0.05) is 43.1 Å². The van der Waals surface area contributed by atoms with Crippen LogP contribution >= 0.6 is 23.2 Å². The fraction of sp³-hybridized carbons (Fsp3) is 0.471. The van der Waals surface area contributed by atoms with Crippen molar-refractivity contribution in [2.75, 3.05) is 6.54 Å². The molecule has 1 atom stereocenters. The summed E-state index contributed by atoms with van der Waals surface area (Å²) in [6.07, 6.45) is 0.300. The molecule has 0 unspecified atom stereocenters. The zero-order valence-corrected chi connectivity index (χ0v) is 15.5. The SMILES string of the molecule is CC(C)c1nnc2n1[C@@H](C)CN(C(=O)Cc1ccc(Cl)c(Cl)c1)C2. The Morgan fingerprint density at radius 1 is 1.29 bits per heavy atom. The van der Waals surface area contributed by atoms with E-state index in [1.54, 1.807) is 12.1 Å². The van der Waals surface area contributed by atoms with Gasteiger partial charge in [-0.25, -0.2) is 0 Å². The first-order valence-corrected chi connectivity index (χ1v) is 8.77. The summed E-state index contributed by atoms with van der Waals surface area (Å²) in [4.78, 5) is 14.5. The first kappa shape index (κ1) is 17.2. The highest BCUT2D eigenvalue weighted by Gasteiger charge is 2.29. The van der Waals surface area contributed by atoms with Crippen molar-refractivity contribution in [3.05, 3.63) is 45.5 Å². The van der Waals surface area contributed by atoms with E-state index in [0.717, 1.165) is 17.2 Å². The Morgan fingerprint density at radius 3 is 2.71 bits per heavy atom. The molecule has 1 amide bonds. The summed E-state index contributed by atoms with van der Waals surface area (Å²) in [6.45, 7) is 7.45. The molecular formula is C17H20Cl2N4O. The van der Waals surface area contributed by atoms with Gasteiger partial charge in [0, 0.05) is 12.5 Å². The van der Waals surface area contributed by atoms with E-state index in [1.807, 2.05) is 11.0 Å². The zero-order chi connectivity index (χ0) is 17.4. The Hall–Kier alpha value is -1.59. The third-order valence-corrected chi connectivity index (χ3v) is 5.00. The molecule has 5 nitrogen and oxygen atoms in total. The molecule has 0 N–H and O–H groups in total. The molecule has 7 heteroatoms. The average Bonchev–Trinajstić information content (AvgIpc) is 2.95. The van der Waals surface area contributed by atoms with E-state index in [-0.39, 0.29) is 11.9 Å². The van der Waals surface area contributed by atoms with Crippen LogP contribution in [0, 0.1) is 0 Å². The van der Waals surface area contributed by atoms with Gasteiger partial charge in [0.25, 0.3) is 0 Å². The molecule has 1 aromatic carbocycles. The number of hydrogen-bond acceptors (Lipinski definition) is 3. The van der Waals surface area contributed by atoms with Gasteiger partial charge in [0.2, 0.25) is 5.91 Å². The van der Waals surface area contributed by atoms with Crippen LogP contribution in [0.2, 0.25) is 10.0 Å². The molecule has 0 bridgehead atoms. The number of rotatable bonds is 3. The van der Waals surface area contributed by atoms with E-state index in [9.17, 15) is 4.79 Å². The van der Waals surface area contributed by atoms with Crippen molar-refractivity contribution in [3.63, 3.8) is 0 Å². The number of nitrogens with zero attached hydrogens (tertiary/aromatic N) is 4. The van der Waals surface area contributed by atoms with Crippen molar-refractivity contribution >= 4 is 29.1 Å². The second kappa shape index (κ2) is 6.73. The fourth-order valence-electron chi connectivity index (χ4n) is 3.08. The molecule has 1 aliphatic rings. The number of carbonyl (C=O) groups excluding carboxylic acids is 1. The summed E-state index contributed by atoms with van der Waals surface area (Å²) in [7, 11) is 0. The predicted octanol–water partition coefficient (Wildman–Crippen LogP) is 3.85. The van der Waals surface area contributed by atoms with Gasteiger partial charge in [-0.15, -0.1) is 10.2 Å². The van der Waals surface area contributed by atoms with Gasteiger partial charge in [0.1, 0.15) is 5.82 Å². The molecule has 2 aromatic rings. The zero-order valence-electron chi connectivity index (χ0n) is 14.0. The van der Waals surface area contributed by atoms with Crippen LogP contribution in [0.5, 0.6) is 0 Å². The standard InChI is InChI=1S/C17H20Cl2N4O/c1-10(2)17-21-20-15-9-22(8-11(3)23(15)17)16(24)7-12-4-5-13(18)14(19)6-12/h4-6,10-11H,7-9H2,1-3H3/t11-/m0/s1. The van der Waals surface area contributed by atoms with Gasteiger partial charge in [0.15, 0.2) is 5.82 Å². The Balaban J connectivity index is 1.76. The monoisotopic (exact) mass is 366 g/mol. The molecule has 0 radical (unpaired) electrons. The molecule has 0 fully saturated rings. The largest absolute Gasteiger partial charge is 0.333 e. The van der Waals surface area contributed by atoms with Gasteiger partial charge in [-0.2, -0.15) is 0 Å². The summed E-state index contributed by atoms with van der Waals surface area (Å²) in [5.74, 6) is 2.20. The number of carbonyl (C=O) groups is 1. The first-order chi connectivity index (χ1) is 11.4. The van der Waals surface area contributed by atoms with Crippen LogP contribution in [0.25, 0.3) is 0 Å². The van der Waals surface area contributed by atoms with E-state index in [2.05, 4.69) is 35.5 Å². The second-order valence-electron chi connectivity index (χ2n) is 6.55. The molecule has 0 saturated heterocycles. The number of amides is 1. The maximum Gasteiger partial charge on any atom is 0.227 e. The van der Waals surface area contributed by atoms with Gasteiger partial charge in [-0.05, 0) is 24.6 Å². The highest BCUT2D eigenvalue weighted by molar-refractivity contribution is 6.42. The van der Waals surface area contributed by atoms with E-state index < -0.39 is 0 Å². The average molecular weight is 367 g/mol. The maximum atomic E-state index is 12.7. The summed E-state index contributed by atoms with van der Waals surface area (Å²) < 4.78 is 2.16. The number of halogens is 2. The van der Waals surface area contributed by atoms with Crippen LogP contribution in [0.3, 0.4) is 0 Å².